The fourth-order valence-corrected chi connectivity index (χ4v) is 2.94. The zero-order chi connectivity index (χ0) is 15.5. The molecular weight excluding hydrogens is 293 g/mol. The van der Waals surface area contributed by atoms with Crippen LogP contribution >= 0.6 is 0 Å². The molecule has 7 heteroatoms. The SMILES string of the molecule is CCNc1cc(S(=O)(=O)Nc2ccc(F)cc2C)ccn1. The molecule has 0 unspecified atom stereocenters. The largest absolute Gasteiger partial charge is 0.370 e. The molecule has 1 heterocycles. The lowest BCUT2D eigenvalue weighted by atomic mass is 10.2. The van der Waals surface area contributed by atoms with Gasteiger partial charge in [0.1, 0.15) is 11.6 Å². The van der Waals surface area contributed by atoms with Crippen LogP contribution in [0, 0.1) is 12.7 Å². The Hall–Kier alpha value is -2.15. The van der Waals surface area contributed by atoms with Crippen LogP contribution in [0.15, 0.2) is 41.4 Å². The normalized spacial score (nSPS) is 11.2. The fraction of sp³-hybridized carbons (Fsp3) is 0.214. The first kappa shape index (κ1) is 15.2. The second kappa shape index (κ2) is 6.09. The number of aryl methyl sites for hydroxylation is 1. The van der Waals surface area contributed by atoms with Crippen molar-refractivity contribution in [2.75, 3.05) is 16.6 Å². The first-order chi connectivity index (χ1) is 9.92. The molecule has 2 aromatic rings. The van der Waals surface area contributed by atoms with Gasteiger partial charge < -0.3 is 5.32 Å². The molecule has 0 spiro atoms. The minimum absolute atomic E-state index is 0.0946. The lowest BCUT2D eigenvalue weighted by Crippen LogP contribution is -2.14. The summed E-state index contributed by atoms with van der Waals surface area (Å²) in [4.78, 5) is 4.12. The number of hydrogen-bond acceptors (Lipinski definition) is 4. The number of nitrogens with one attached hydrogen (secondary N) is 2. The summed E-state index contributed by atoms with van der Waals surface area (Å²) in [6.07, 6.45) is 1.42. The van der Waals surface area contributed by atoms with Crippen molar-refractivity contribution >= 4 is 21.5 Å². The number of benzene rings is 1. The number of anilines is 2. The third-order valence-corrected chi connectivity index (χ3v) is 4.20. The minimum Gasteiger partial charge on any atom is -0.370 e. The number of nitrogens with zero attached hydrogens (tertiary/aromatic N) is 1. The van der Waals surface area contributed by atoms with E-state index in [9.17, 15) is 12.8 Å². The van der Waals surface area contributed by atoms with Crippen LogP contribution in [0.3, 0.4) is 0 Å². The summed E-state index contributed by atoms with van der Waals surface area (Å²) in [6, 6.07) is 6.73. The van der Waals surface area contributed by atoms with Crippen LogP contribution < -0.4 is 10.0 Å². The Labute approximate surface area is 123 Å². The van der Waals surface area contributed by atoms with E-state index in [1.807, 2.05) is 6.92 Å². The van der Waals surface area contributed by atoms with Crippen molar-refractivity contribution in [2.45, 2.75) is 18.7 Å². The smallest absolute Gasteiger partial charge is 0.262 e. The van der Waals surface area contributed by atoms with Gasteiger partial charge >= 0.3 is 0 Å². The molecule has 21 heavy (non-hydrogen) atoms. The highest BCUT2D eigenvalue weighted by Crippen LogP contribution is 2.21. The molecule has 2 N–H and O–H groups in total. The summed E-state index contributed by atoms with van der Waals surface area (Å²) in [5, 5.41) is 2.95. The van der Waals surface area contributed by atoms with Crippen LogP contribution in [0.2, 0.25) is 0 Å². The maximum absolute atomic E-state index is 13.0. The van der Waals surface area contributed by atoms with E-state index in [4.69, 9.17) is 0 Å². The van der Waals surface area contributed by atoms with E-state index in [2.05, 4.69) is 15.0 Å². The van der Waals surface area contributed by atoms with Crippen LogP contribution in [0.1, 0.15) is 12.5 Å². The Balaban J connectivity index is 2.31. The first-order valence-electron chi connectivity index (χ1n) is 6.41. The predicted octanol–water partition coefficient (Wildman–Crippen LogP) is 2.76. The third-order valence-electron chi connectivity index (χ3n) is 2.83. The summed E-state index contributed by atoms with van der Waals surface area (Å²) in [5.41, 5.74) is 0.859. The van der Waals surface area contributed by atoms with Gasteiger partial charge in [-0.05, 0) is 43.7 Å². The summed E-state index contributed by atoms with van der Waals surface area (Å²) >= 11 is 0. The Morgan fingerprint density at radius 1 is 1.24 bits per heavy atom. The van der Waals surface area contributed by atoms with Gasteiger partial charge in [0.25, 0.3) is 10.0 Å². The zero-order valence-electron chi connectivity index (χ0n) is 11.7. The Morgan fingerprint density at radius 2 is 2.00 bits per heavy atom. The fourth-order valence-electron chi connectivity index (χ4n) is 1.80. The lowest BCUT2D eigenvalue weighted by molar-refractivity contribution is 0.600. The van der Waals surface area contributed by atoms with E-state index >= 15 is 0 Å². The Bertz CT molecular complexity index is 748. The maximum Gasteiger partial charge on any atom is 0.262 e. The van der Waals surface area contributed by atoms with Gasteiger partial charge in [-0.15, -0.1) is 0 Å². The Kier molecular flexibility index (Phi) is 4.42. The van der Waals surface area contributed by atoms with Gasteiger partial charge in [0.2, 0.25) is 0 Å². The second-order valence-corrected chi connectivity index (χ2v) is 6.15. The van der Waals surface area contributed by atoms with E-state index in [1.54, 1.807) is 6.92 Å². The highest BCUT2D eigenvalue weighted by molar-refractivity contribution is 7.92. The molecule has 0 aliphatic carbocycles. The molecule has 0 aliphatic rings. The van der Waals surface area contributed by atoms with Crippen molar-refractivity contribution in [3.63, 3.8) is 0 Å². The standard InChI is InChI=1S/C14H16FN3O2S/c1-3-16-14-9-12(6-7-17-14)21(19,20)18-13-5-4-11(15)8-10(13)2/h4-9,18H,3H2,1-2H3,(H,16,17). The van der Waals surface area contributed by atoms with E-state index in [-0.39, 0.29) is 4.90 Å². The molecule has 1 aromatic heterocycles. The molecule has 1 aromatic carbocycles. The molecule has 112 valence electrons. The topological polar surface area (TPSA) is 71.1 Å². The van der Waals surface area contributed by atoms with Crippen molar-refractivity contribution in [3.05, 3.63) is 47.9 Å². The number of rotatable bonds is 5. The predicted molar refractivity (Wildman–Crippen MR) is 80.3 cm³/mol. The summed E-state index contributed by atoms with van der Waals surface area (Å²) in [6.45, 7) is 4.17. The highest BCUT2D eigenvalue weighted by Gasteiger charge is 2.16. The summed E-state index contributed by atoms with van der Waals surface area (Å²) in [5.74, 6) is 0.0741. The van der Waals surface area contributed by atoms with Crippen LogP contribution in [0.4, 0.5) is 15.9 Å². The molecule has 2 rings (SSSR count). The van der Waals surface area contributed by atoms with Gasteiger partial charge in [0.05, 0.1) is 10.6 Å². The molecule has 0 aliphatic heterocycles. The molecular formula is C14H16FN3O2S. The van der Waals surface area contributed by atoms with Crippen molar-refractivity contribution in [3.8, 4) is 0 Å². The van der Waals surface area contributed by atoms with Crippen molar-refractivity contribution < 1.29 is 12.8 Å². The van der Waals surface area contributed by atoms with Crippen molar-refractivity contribution in [1.29, 1.82) is 0 Å². The highest BCUT2D eigenvalue weighted by atomic mass is 32.2. The van der Waals surface area contributed by atoms with Crippen LogP contribution in [-0.2, 0) is 10.0 Å². The average molecular weight is 309 g/mol. The first-order valence-corrected chi connectivity index (χ1v) is 7.89. The van der Waals surface area contributed by atoms with Crippen molar-refractivity contribution in [2.24, 2.45) is 0 Å². The number of aromatic nitrogens is 1. The second-order valence-electron chi connectivity index (χ2n) is 4.47. The van der Waals surface area contributed by atoms with Crippen molar-refractivity contribution in [1.82, 2.24) is 4.98 Å². The third kappa shape index (κ3) is 3.69. The molecule has 0 saturated heterocycles. The van der Waals surface area contributed by atoms with Crippen LogP contribution in [0.25, 0.3) is 0 Å². The van der Waals surface area contributed by atoms with E-state index in [0.717, 1.165) is 0 Å². The van der Waals surface area contributed by atoms with Gasteiger partial charge in [-0.2, -0.15) is 0 Å². The van der Waals surface area contributed by atoms with Gasteiger partial charge in [0.15, 0.2) is 0 Å². The number of pyridine rings is 1. The monoisotopic (exact) mass is 309 g/mol. The lowest BCUT2D eigenvalue weighted by Gasteiger charge is -2.11. The number of hydrogen-bond donors (Lipinski definition) is 2. The molecule has 0 fully saturated rings. The molecule has 0 radical (unpaired) electrons. The molecule has 0 amide bonds. The molecule has 0 atom stereocenters. The van der Waals surface area contributed by atoms with Gasteiger partial charge in [-0.1, -0.05) is 0 Å². The van der Waals surface area contributed by atoms with E-state index in [0.29, 0.717) is 23.6 Å². The quantitative estimate of drug-likeness (QED) is 0.891. The average Bonchev–Trinajstić information content (AvgIpc) is 2.43. The Morgan fingerprint density at radius 3 is 2.67 bits per heavy atom. The summed E-state index contributed by atoms with van der Waals surface area (Å²) < 4.78 is 40.2. The van der Waals surface area contributed by atoms with Gasteiger partial charge in [0, 0.05) is 18.8 Å². The van der Waals surface area contributed by atoms with Gasteiger partial charge in [-0.25, -0.2) is 17.8 Å². The zero-order valence-corrected chi connectivity index (χ0v) is 12.5. The van der Waals surface area contributed by atoms with Crippen LogP contribution in [0.5, 0.6) is 0 Å². The van der Waals surface area contributed by atoms with Gasteiger partial charge in [-0.3, -0.25) is 4.72 Å². The van der Waals surface area contributed by atoms with Crippen LogP contribution in [-0.4, -0.2) is 19.9 Å². The molecule has 0 bridgehead atoms. The number of sulfonamides is 1. The minimum atomic E-state index is -3.74. The number of halogens is 1. The molecule has 0 saturated carbocycles. The van der Waals surface area contributed by atoms with E-state index in [1.165, 1.54) is 36.5 Å². The molecule has 5 nitrogen and oxygen atoms in total. The van der Waals surface area contributed by atoms with E-state index < -0.39 is 15.8 Å². The summed E-state index contributed by atoms with van der Waals surface area (Å²) in [7, 11) is -3.74. The maximum atomic E-state index is 13.0.